The first-order chi connectivity index (χ1) is 14.2. The number of esters is 1. The van der Waals surface area contributed by atoms with Gasteiger partial charge in [0.1, 0.15) is 11.5 Å². The highest BCUT2D eigenvalue weighted by Crippen LogP contribution is 2.31. The summed E-state index contributed by atoms with van der Waals surface area (Å²) in [5.41, 5.74) is 3.06. The summed E-state index contributed by atoms with van der Waals surface area (Å²) in [5.74, 6) is -0.389. The molecule has 5 heteroatoms. The molecule has 1 aliphatic carbocycles. The highest BCUT2D eigenvalue weighted by molar-refractivity contribution is 7.14. The fraction of sp³-hybridized carbons (Fsp3) is 0.250. The van der Waals surface area contributed by atoms with Crippen molar-refractivity contribution in [1.82, 2.24) is 4.57 Å². The van der Waals surface area contributed by atoms with E-state index in [9.17, 15) is 9.59 Å². The molecule has 2 aromatic carbocycles. The summed E-state index contributed by atoms with van der Waals surface area (Å²) >= 11 is 1.54. The van der Waals surface area contributed by atoms with Gasteiger partial charge in [0, 0.05) is 15.6 Å². The van der Waals surface area contributed by atoms with E-state index >= 15 is 0 Å². The molecular formula is C24H21NO3S. The third-order valence-electron chi connectivity index (χ3n) is 5.58. The standard InChI is InChI=1S/C24H21NO3S/c26-23(13-14-28-24(27)22-15-16-7-1-6-12-21(16)29-22)25-19-10-4-2-8-17(19)18-9-3-5-11-20(18)25/h2-5,8-11,15H,1,6-7,12-14H2. The van der Waals surface area contributed by atoms with Gasteiger partial charge in [-0.2, -0.15) is 0 Å². The van der Waals surface area contributed by atoms with Crippen LogP contribution in [-0.4, -0.2) is 23.1 Å². The Labute approximate surface area is 172 Å². The first-order valence-electron chi connectivity index (χ1n) is 10.0. The Morgan fingerprint density at radius 2 is 1.59 bits per heavy atom. The normalized spacial score (nSPS) is 13.5. The zero-order chi connectivity index (χ0) is 19.8. The van der Waals surface area contributed by atoms with E-state index in [4.69, 9.17) is 4.74 Å². The Kier molecular flexibility index (Phi) is 4.68. The molecule has 0 unspecified atom stereocenters. The second kappa shape index (κ2) is 7.48. The molecule has 0 fully saturated rings. The molecule has 0 saturated heterocycles. The lowest BCUT2D eigenvalue weighted by molar-refractivity contribution is 0.0495. The third-order valence-corrected chi connectivity index (χ3v) is 6.79. The summed E-state index contributed by atoms with van der Waals surface area (Å²) in [7, 11) is 0. The van der Waals surface area contributed by atoms with Gasteiger partial charge in [-0.25, -0.2) is 4.79 Å². The molecule has 29 heavy (non-hydrogen) atoms. The molecule has 0 saturated carbocycles. The molecule has 146 valence electrons. The Bertz CT molecular complexity index is 1160. The molecule has 0 atom stereocenters. The van der Waals surface area contributed by atoms with Crippen LogP contribution in [0.4, 0.5) is 0 Å². The SMILES string of the molecule is O=C(OCCC(=O)n1c2ccccc2c2ccccc21)c1cc2c(s1)CCCC2. The number of thiophene rings is 1. The van der Waals surface area contributed by atoms with Crippen LogP contribution in [0.5, 0.6) is 0 Å². The Balaban J connectivity index is 1.32. The second-order valence-electron chi connectivity index (χ2n) is 7.42. The maximum atomic E-state index is 13.0. The molecule has 1 aliphatic rings. The average molecular weight is 404 g/mol. The first-order valence-corrected chi connectivity index (χ1v) is 10.8. The van der Waals surface area contributed by atoms with Crippen molar-refractivity contribution < 1.29 is 14.3 Å². The van der Waals surface area contributed by atoms with E-state index in [1.165, 1.54) is 34.6 Å². The zero-order valence-electron chi connectivity index (χ0n) is 16.0. The van der Waals surface area contributed by atoms with Gasteiger partial charge in [0.2, 0.25) is 5.91 Å². The van der Waals surface area contributed by atoms with E-state index in [-0.39, 0.29) is 24.9 Å². The number of carbonyl (C=O) groups excluding carboxylic acids is 2. The fourth-order valence-electron chi connectivity index (χ4n) is 4.20. The zero-order valence-corrected chi connectivity index (χ0v) is 16.8. The van der Waals surface area contributed by atoms with Crippen LogP contribution in [0.15, 0.2) is 54.6 Å². The molecule has 0 amide bonds. The molecule has 4 nitrogen and oxygen atoms in total. The number of aromatic nitrogens is 1. The number of aryl methyl sites for hydroxylation is 2. The average Bonchev–Trinajstić information content (AvgIpc) is 3.33. The predicted octanol–water partition coefficient (Wildman–Crippen LogP) is 5.62. The van der Waals surface area contributed by atoms with Gasteiger partial charge in [-0.15, -0.1) is 11.3 Å². The number of nitrogens with zero attached hydrogens (tertiary/aromatic N) is 1. The van der Waals surface area contributed by atoms with Crippen LogP contribution in [0.2, 0.25) is 0 Å². The van der Waals surface area contributed by atoms with Gasteiger partial charge in [0.25, 0.3) is 0 Å². The number of carbonyl (C=O) groups is 2. The van der Waals surface area contributed by atoms with Gasteiger partial charge < -0.3 is 4.74 Å². The summed E-state index contributed by atoms with van der Waals surface area (Å²) < 4.78 is 7.17. The van der Waals surface area contributed by atoms with Gasteiger partial charge >= 0.3 is 5.97 Å². The number of rotatable bonds is 4. The van der Waals surface area contributed by atoms with Gasteiger partial charge in [-0.05, 0) is 49.4 Å². The van der Waals surface area contributed by atoms with Crippen molar-refractivity contribution >= 4 is 45.0 Å². The highest BCUT2D eigenvalue weighted by Gasteiger charge is 2.19. The van der Waals surface area contributed by atoms with Gasteiger partial charge in [0.05, 0.1) is 17.5 Å². The highest BCUT2D eigenvalue weighted by atomic mass is 32.1. The van der Waals surface area contributed by atoms with E-state index in [1.807, 2.05) is 54.6 Å². The fourth-order valence-corrected chi connectivity index (χ4v) is 5.34. The van der Waals surface area contributed by atoms with E-state index in [2.05, 4.69) is 0 Å². The Hall–Kier alpha value is -2.92. The summed E-state index contributed by atoms with van der Waals surface area (Å²) in [6.45, 7) is 0.0844. The monoisotopic (exact) mass is 403 g/mol. The van der Waals surface area contributed by atoms with Crippen LogP contribution in [0, 0.1) is 0 Å². The quantitative estimate of drug-likeness (QED) is 0.415. The first kappa shape index (κ1) is 18.1. The van der Waals surface area contributed by atoms with Crippen molar-refractivity contribution in [2.24, 2.45) is 0 Å². The minimum absolute atomic E-state index is 0.0688. The maximum Gasteiger partial charge on any atom is 0.348 e. The molecule has 5 rings (SSSR count). The Morgan fingerprint density at radius 3 is 2.28 bits per heavy atom. The number of benzene rings is 2. The number of hydrogen-bond acceptors (Lipinski definition) is 4. The number of hydrogen-bond donors (Lipinski definition) is 0. The lowest BCUT2D eigenvalue weighted by Gasteiger charge is -2.08. The van der Waals surface area contributed by atoms with Crippen molar-refractivity contribution in [1.29, 1.82) is 0 Å². The smallest absolute Gasteiger partial charge is 0.348 e. The van der Waals surface area contributed by atoms with E-state index in [0.29, 0.717) is 4.88 Å². The molecule has 2 aromatic heterocycles. The van der Waals surface area contributed by atoms with Crippen LogP contribution in [0.3, 0.4) is 0 Å². The lowest BCUT2D eigenvalue weighted by Crippen LogP contribution is -2.15. The molecule has 4 aromatic rings. The second-order valence-corrected chi connectivity index (χ2v) is 8.55. The lowest BCUT2D eigenvalue weighted by atomic mass is 9.99. The summed E-state index contributed by atoms with van der Waals surface area (Å²) in [5, 5.41) is 2.11. The van der Waals surface area contributed by atoms with Gasteiger partial charge in [-0.1, -0.05) is 36.4 Å². The molecule has 0 spiro atoms. The molecule has 0 radical (unpaired) electrons. The third kappa shape index (κ3) is 3.25. The molecule has 0 aliphatic heterocycles. The van der Waals surface area contributed by atoms with Crippen LogP contribution in [-0.2, 0) is 17.6 Å². The number of para-hydroxylation sites is 2. The van der Waals surface area contributed by atoms with Crippen molar-refractivity contribution in [2.45, 2.75) is 32.1 Å². The summed E-state index contributed by atoms with van der Waals surface area (Å²) in [6.07, 6.45) is 4.63. The summed E-state index contributed by atoms with van der Waals surface area (Å²) in [4.78, 5) is 27.4. The molecule has 0 bridgehead atoms. The van der Waals surface area contributed by atoms with Crippen LogP contribution >= 0.6 is 11.3 Å². The van der Waals surface area contributed by atoms with Gasteiger partial charge in [-0.3, -0.25) is 9.36 Å². The number of ether oxygens (including phenoxy) is 1. The van der Waals surface area contributed by atoms with E-state index in [0.717, 1.165) is 34.6 Å². The van der Waals surface area contributed by atoms with Crippen molar-refractivity contribution in [2.75, 3.05) is 6.61 Å². The molecule has 2 heterocycles. The van der Waals surface area contributed by atoms with E-state index < -0.39 is 0 Å². The minimum atomic E-state index is -0.320. The predicted molar refractivity (Wildman–Crippen MR) is 116 cm³/mol. The van der Waals surface area contributed by atoms with Crippen LogP contribution in [0.1, 0.15) is 44.2 Å². The van der Waals surface area contributed by atoms with Crippen LogP contribution < -0.4 is 0 Å². The maximum absolute atomic E-state index is 13.0. The minimum Gasteiger partial charge on any atom is -0.461 e. The van der Waals surface area contributed by atoms with Gasteiger partial charge in [0.15, 0.2) is 0 Å². The van der Waals surface area contributed by atoms with Crippen molar-refractivity contribution in [3.63, 3.8) is 0 Å². The molecular weight excluding hydrogens is 382 g/mol. The summed E-state index contributed by atoms with van der Waals surface area (Å²) in [6, 6.07) is 17.8. The Morgan fingerprint density at radius 1 is 0.931 bits per heavy atom. The number of fused-ring (bicyclic) bond motifs is 4. The topological polar surface area (TPSA) is 48.3 Å². The molecule has 0 N–H and O–H groups in total. The van der Waals surface area contributed by atoms with E-state index in [1.54, 1.807) is 4.57 Å². The largest absolute Gasteiger partial charge is 0.461 e. The van der Waals surface area contributed by atoms with Crippen molar-refractivity contribution in [3.05, 3.63) is 69.9 Å². The van der Waals surface area contributed by atoms with Crippen molar-refractivity contribution in [3.8, 4) is 0 Å². The van der Waals surface area contributed by atoms with Crippen LogP contribution in [0.25, 0.3) is 21.8 Å².